The molecule has 0 aliphatic heterocycles. The van der Waals surface area contributed by atoms with Gasteiger partial charge >= 0.3 is 0 Å². The number of rotatable bonds is 10. The number of nitrogens with one attached hydrogen (secondary N) is 1. The van der Waals surface area contributed by atoms with E-state index in [0.717, 1.165) is 17.0 Å². The van der Waals surface area contributed by atoms with Crippen LogP contribution < -0.4 is 25.4 Å². The molecule has 0 aromatic heterocycles. The molecule has 0 aliphatic rings. The van der Waals surface area contributed by atoms with Crippen molar-refractivity contribution >= 4 is 17.5 Å². The summed E-state index contributed by atoms with van der Waals surface area (Å²) >= 11 is 0. The summed E-state index contributed by atoms with van der Waals surface area (Å²) in [4.78, 5) is 25.7. The van der Waals surface area contributed by atoms with Gasteiger partial charge in [0.05, 0.1) is 26.8 Å². The van der Waals surface area contributed by atoms with Crippen molar-refractivity contribution < 1.29 is 19.1 Å². The molecule has 2 aromatic carbocycles. The van der Waals surface area contributed by atoms with Gasteiger partial charge < -0.3 is 25.4 Å². The number of hydrogen-bond acceptors (Lipinski definition) is 5. The van der Waals surface area contributed by atoms with Crippen LogP contribution in [0.4, 0.5) is 5.69 Å². The minimum Gasteiger partial charge on any atom is -0.497 e. The predicted molar refractivity (Wildman–Crippen MR) is 109 cm³/mol. The highest BCUT2D eigenvalue weighted by atomic mass is 16.5. The second kappa shape index (κ2) is 10.2. The summed E-state index contributed by atoms with van der Waals surface area (Å²) in [6.07, 6.45) is 0.154. The lowest BCUT2D eigenvalue weighted by atomic mass is 10.1. The van der Waals surface area contributed by atoms with Crippen LogP contribution in [0.15, 0.2) is 48.5 Å². The Balaban J connectivity index is 2.09. The Kier molecular flexibility index (Phi) is 7.68. The van der Waals surface area contributed by atoms with E-state index in [1.807, 2.05) is 60.4 Å². The van der Waals surface area contributed by atoms with Crippen LogP contribution in [0.5, 0.6) is 11.5 Å². The molecule has 7 nitrogen and oxygen atoms in total. The fourth-order valence-corrected chi connectivity index (χ4v) is 2.90. The van der Waals surface area contributed by atoms with Gasteiger partial charge in [-0.3, -0.25) is 9.59 Å². The molecule has 1 atom stereocenters. The summed E-state index contributed by atoms with van der Waals surface area (Å²) in [6.45, 7) is 2.34. The minimum atomic E-state index is -0.415. The molecule has 28 heavy (non-hydrogen) atoms. The summed E-state index contributed by atoms with van der Waals surface area (Å²) < 4.78 is 10.5. The number of anilines is 1. The standard InChI is InChI=1S/C21H27N3O4/c1-15(18-6-4-5-7-19(18)28-3)23-21(26)14-24(13-12-20(22)25)16-8-10-17(27-2)11-9-16/h4-11,15H,12-14H2,1-3H3,(H2,22,25)(H,23,26)/t15-/m0/s1. The monoisotopic (exact) mass is 385 g/mol. The van der Waals surface area contributed by atoms with E-state index < -0.39 is 5.91 Å². The van der Waals surface area contributed by atoms with Crippen molar-refractivity contribution in [2.45, 2.75) is 19.4 Å². The van der Waals surface area contributed by atoms with Crippen molar-refractivity contribution in [1.29, 1.82) is 0 Å². The van der Waals surface area contributed by atoms with E-state index in [9.17, 15) is 9.59 Å². The summed E-state index contributed by atoms with van der Waals surface area (Å²) in [6, 6.07) is 14.6. The van der Waals surface area contributed by atoms with Gasteiger partial charge in [0.25, 0.3) is 0 Å². The average Bonchev–Trinajstić information content (AvgIpc) is 2.70. The molecule has 0 unspecified atom stereocenters. The molecule has 150 valence electrons. The third kappa shape index (κ3) is 5.90. The highest BCUT2D eigenvalue weighted by Gasteiger charge is 2.17. The van der Waals surface area contributed by atoms with Crippen LogP contribution in [0.1, 0.15) is 24.9 Å². The SMILES string of the molecule is COc1ccc(N(CCC(N)=O)CC(=O)N[C@@H](C)c2ccccc2OC)cc1. The first-order valence-corrected chi connectivity index (χ1v) is 9.04. The van der Waals surface area contributed by atoms with Gasteiger partial charge in [-0.1, -0.05) is 18.2 Å². The number of primary amides is 1. The van der Waals surface area contributed by atoms with Crippen LogP contribution >= 0.6 is 0 Å². The fourth-order valence-electron chi connectivity index (χ4n) is 2.90. The lowest BCUT2D eigenvalue weighted by Crippen LogP contribution is -2.39. The Bertz CT molecular complexity index is 792. The zero-order chi connectivity index (χ0) is 20.5. The third-order valence-corrected chi connectivity index (χ3v) is 4.38. The fraction of sp³-hybridized carbons (Fsp3) is 0.333. The maximum atomic E-state index is 12.6. The second-order valence-electron chi connectivity index (χ2n) is 6.37. The maximum absolute atomic E-state index is 12.6. The first kappa shape index (κ1) is 21.1. The molecule has 3 N–H and O–H groups in total. The Hall–Kier alpha value is -3.22. The van der Waals surface area contributed by atoms with E-state index in [1.165, 1.54) is 0 Å². The van der Waals surface area contributed by atoms with Crippen molar-refractivity contribution in [2.75, 3.05) is 32.2 Å². The highest BCUT2D eigenvalue weighted by Crippen LogP contribution is 2.24. The zero-order valence-electron chi connectivity index (χ0n) is 16.5. The number of carbonyl (C=O) groups excluding carboxylic acids is 2. The normalized spacial score (nSPS) is 11.4. The van der Waals surface area contributed by atoms with Crippen molar-refractivity contribution in [2.24, 2.45) is 5.73 Å². The Morgan fingerprint density at radius 1 is 1.07 bits per heavy atom. The Morgan fingerprint density at radius 3 is 2.36 bits per heavy atom. The molecule has 0 bridgehead atoms. The number of nitrogens with two attached hydrogens (primary N) is 1. The van der Waals surface area contributed by atoms with Crippen molar-refractivity contribution in [1.82, 2.24) is 5.32 Å². The molecule has 0 fully saturated rings. The van der Waals surface area contributed by atoms with E-state index in [-0.39, 0.29) is 24.9 Å². The van der Waals surface area contributed by atoms with Crippen LogP contribution in [0.2, 0.25) is 0 Å². The number of ether oxygens (including phenoxy) is 2. The lowest BCUT2D eigenvalue weighted by Gasteiger charge is -2.25. The Labute approximate surface area is 165 Å². The first-order valence-electron chi connectivity index (χ1n) is 9.04. The number of nitrogens with zero attached hydrogens (tertiary/aromatic N) is 1. The van der Waals surface area contributed by atoms with Crippen LogP contribution in [0.25, 0.3) is 0 Å². The van der Waals surface area contributed by atoms with E-state index in [1.54, 1.807) is 14.2 Å². The molecule has 0 heterocycles. The molecule has 0 spiro atoms. The molecule has 7 heteroatoms. The van der Waals surface area contributed by atoms with Crippen molar-refractivity contribution in [3.63, 3.8) is 0 Å². The second-order valence-corrected chi connectivity index (χ2v) is 6.37. The molecule has 0 saturated heterocycles. The summed E-state index contributed by atoms with van der Waals surface area (Å²) in [5.74, 6) is 0.851. The van der Waals surface area contributed by atoms with Gasteiger partial charge in [0.1, 0.15) is 11.5 Å². The van der Waals surface area contributed by atoms with Gasteiger partial charge in [-0.2, -0.15) is 0 Å². The molecule has 0 radical (unpaired) electrons. The number of methoxy groups -OCH3 is 2. The molecular weight excluding hydrogens is 358 g/mol. The number of para-hydroxylation sites is 1. The van der Waals surface area contributed by atoms with Gasteiger partial charge in [0, 0.05) is 24.2 Å². The number of carbonyl (C=O) groups is 2. The number of benzene rings is 2. The van der Waals surface area contributed by atoms with Gasteiger partial charge in [0.2, 0.25) is 11.8 Å². The van der Waals surface area contributed by atoms with Gasteiger partial charge in [-0.15, -0.1) is 0 Å². The quantitative estimate of drug-likeness (QED) is 0.654. The van der Waals surface area contributed by atoms with Crippen LogP contribution in [-0.2, 0) is 9.59 Å². The number of hydrogen-bond donors (Lipinski definition) is 2. The first-order chi connectivity index (χ1) is 13.4. The van der Waals surface area contributed by atoms with Gasteiger partial charge in [0.15, 0.2) is 0 Å². The largest absolute Gasteiger partial charge is 0.497 e. The minimum absolute atomic E-state index is 0.0963. The molecular formula is C21H27N3O4. The molecule has 2 rings (SSSR count). The molecule has 0 aliphatic carbocycles. The smallest absolute Gasteiger partial charge is 0.239 e. The van der Waals surface area contributed by atoms with E-state index in [0.29, 0.717) is 12.3 Å². The molecule has 2 amide bonds. The third-order valence-electron chi connectivity index (χ3n) is 4.38. The van der Waals surface area contributed by atoms with Gasteiger partial charge in [-0.25, -0.2) is 0 Å². The number of amides is 2. The average molecular weight is 385 g/mol. The lowest BCUT2D eigenvalue weighted by molar-refractivity contribution is -0.121. The van der Waals surface area contributed by atoms with Crippen molar-refractivity contribution in [3.8, 4) is 11.5 Å². The Morgan fingerprint density at radius 2 is 1.75 bits per heavy atom. The maximum Gasteiger partial charge on any atom is 0.239 e. The highest BCUT2D eigenvalue weighted by molar-refractivity contribution is 5.82. The van der Waals surface area contributed by atoms with Crippen LogP contribution in [0, 0.1) is 0 Å². The summed E-state index contributed by atoms with van der Waals surface area (Å²) in [5.41, 5.74) is 6.99. The summed E-state index contributed by atoms with van der Waals surface area (Å²) in [5, 5.41) is 2.98. The van der Waals surface area contributed by atoms with Crippen LogP contribution in [0.3, 0.4) is 0 Å². The van der Waals surface area contributed by atoms with Gasteiger partial charge in [-0.05, 0) is 37.3 Å². The predicted octanol–water partition coefficient (Wildman–Crippen LogP) is 2.26. The topological polar surface area (TPSA) is 93.9 Å². The van der Waals surface area contributed by atoms with E-state index in [2.05, 4.69) is 5.32 Å². The molecule has 0 saturated carbocycles. The summed E-state index contributed by atoms with van der Waals surface area (Å²) in [7, 11) is 3.19. The zero-order valence-corrected chi connectivity index (χ0v) is 16.5. The molecule has 2 aromatic rings. The van der Waals surface area contributed by atoms with Crippen molar-refractivity contribution in [3.05, 3.63) is 54.1 Å². The van der Waals surface area contributed by atoms with E-state index >= 15 is 0 Å². The van der Waals surface area contributed by atoms with Crippen LogP contribution in [-0.4, -0.2) is 39.1 Å². The van der Waals surface area contributed by atoms with E-state index in [4.69, 9.17) is 15.2 Å².